The Morgan fingerprint density at radius 3 is 2.48 bits per heavy atom. The summed E-state index contributed by atoms with van der Waals surface area (Å²) in [5.41, 5.74) is 2.93. The number of nitrogens with zero attached hydrogens (tertiary/aromatic N) is 3. The highest BCUT2D eigenvalue weighted by Crippen LogP contribution is 2.27. The molecule has 7 heteroatoms. The summed E-state index contributed by atoms with van der Waals surface area (Å²) in [5, 5.41) is 10.6. The molecule has 0 spiro atoms. The number of amides is 1. The molecule has 0 atom stereocenters. The molecule has 27 heavy (non-hydrogen) atoms. The normalized spacial score (nSPS) is 18.6. The first kappa shape index (κ1) is 17.9. The molecule has 2 saturated heterocycles. The first-order valence-electron chi connectivity index (χ1n) is 9.68. The molecule has 2 aliphatic heterocycles. The van der Waals surface area contributed by atoms with Crippen LogP contribution in [0.25, 0.3) is 0 Å². The van der Waals surface area contributed by atoms with Crippen LogP contribution in [0.1, 0.15) is 34.8 Å². The molecule has 2 aliphatic rings. The molecule has 7 nitrogen and oxygen atoms in total. The molecular weight excluding hydrogens is 342 g/mol. The van der Waals surface area contributed by atoms with Crippen LogP contribution in [-0.2, 0) is 0 Å². The fourth-order valence-electron chi connectivity index (χ4n) is 4.02. The fraction of sp³-hybridized carbons (Fsp3) is 0.500. The summed E-state index contributed by atoms with van der Waals surface area (Å²) in [5.74, 6) is 1.36. The van der Waals surface area contributed by atoms with E-state index in [1.807, 2.05) is 17.0 Å². The molecule has 1 aromatic heterocycles. The number of rotatable bonds is 4. The minimum absolute atomic E-state index is 0.103. The van der Waals surface area contributed by atoms with E-state index in [4.69, 9.17) is 4.74 Å². The van der Waals surface area contributed by atoms with Crippen LogP contribution in [0.5, 0.6) is 5.75 Å². The monoisotopic (exact) mass is 369 g/mol. The average molecular weight is 369 g/mol. The van der Waals surface area contributed by atoms with Crippen LogP contribution in [0.2, 0.25) is 0 Å². The number of carbonyl (C=O) groups excluding carboxylic acids is 1. The van der Waals surface area contributed by atoms with Crippen molar-refractivity contribution in [3.8, 4) is 5.75 Å². The van der Waals surface area contributed by atoms with Crippen molar-refractivity contribution in [1.29, 1.82) is 0 Å². The zero-order valence-electron chi connectivity index (χ0n) is 15.8. The predicted molar refractivity (Wildman–Crippen MR) is 105 cm³/mol. The Morgan fingerprint density at radius 1 is 1.11 bits per heavy atom. The van der Waals surface area contributed by atoms with E-state index in [0.29, 0.717) is 5.92 Å². The smallest absolute Gasteiger partial charge is 0.257 e. The number of methoxy groups -OCH3 is 1. The van der Waals surface area contributed by atoms with Gasteiger partial charge in [0.05, 0.1) is 24.6 Å². The summed E-state index contributed by atoms with van der Waals surface area (Å²) in [6, 6.07) is 8.09. The van der Waals surface area contributed by atoms with E-state index < -0.39 is 0 Å². The van der Waals surface area contributed by atoms with Gasteiger partial charge in [-0.3, -0.25) is 9.89 Å². The summed E-state index contributed by atoms with van der Waals surface area (Å²) in [4.78, 5) is 17.3. The number of hydrogen-bond donors (Lipinski definition) is 2. The summed E-state index contributed by atoms with van der Waals surface area (Å²) in [7, 11) is 1.67. The lowest BCUT2D eigenvalue weighted by molar-refractivity contribution is 0.0745. The Morgan fingerprint density at radius 2 is 1.81 bits per heavy atom. The number of benzene rings is 1. The van der Waals surface area contributed by atoms with Crippen LogP contribution in [-0.4, -0.2) is 67.4 Å². The maximum Gasteiger partial charge on any atom is 0.257 e. The number of piperidine rings is 1. The molecule has 0 aliphatic carbocycles. The molecule has 144 valence electrons. The summed E-state index contributed by atoms with van der Waals surface area (Å²) >= 11 is 0. The van der Waals surface area contributed by atoms with Crippen LogP contribution >= 0.6 is 0 Å². The largest absolute Gasteiger partial charge is 0.497 e. The molecule has 2 aromatic rings. The Labute approximate surface area is 159 Å². The Bertz CT molecular complexity index is 759. The van der Waals surface area contributed by atoms with Gasteiger partial charge in [0.25, 0.3) is 5.91 Å². The number of anilines is 1. The second kappa shape index (κ2) is 8.00. The maximum atomic E-state index is 13.1. The SMILES string of the molecule is COc1ccc(N2CCN(C(=O)c3cn[nH]c3C3CCNCC3)CC2)cc1. The van der Waals surface area contributed by atoms with Crippen LogP contribution in [0.4, 0.5) is 5.69 Å². The van der Waals surface area contributed by atoms with Crippen molar-refractivity contribution in [3.63, 3.8) is 0 Å². The zero-order chi connectivity index (χ0) is 18.6. The van der Waals surface area contributed by atoms with Gasteiger partial charge in [-0.05, 0) is 50.2 Å². The van der Waals surface area contributed by atoms with Crippen LogP contribution in [0.3, 0.4) is 0 Å². The van der Waals surface area contributed by atoms with E-state index in [1.54, 1.807) is 13.3 Å². The molecule has 2 N–H and O–H groups in total. The van der Waals surface area contributed by atoms with E-state index in [1.165, 1.54) is 5.69 Å². The first-order valence-corrected chi connectivity index (χ1v) is 9.68. The van der Waals surface area contributed by atoms with Crippen molar-refractivity contribution in [3.05, 3.63) is 41.7 Å². The number of carbonyl (C=O) groups is 1. The third-order valence-corrected chi connectivity index (χ3v) is 5.65. The van der Waals surface area contributed by atoms with Crippen molar-refractivity contribution in [1.82, 2.24) is 20.4 Å². The van der Waals surface area contributed by atoms with Gasteiger partial charge in [0.2, 0.25) is 0 Å². The van der Waals surface area contributed by atoms with Crippen molar-refractivity contribution in [2.24, 2.45) is 0 Å². The van der Waals surface area contributed by atoms with Gasteiger partial charge in [0.15, 0.2) is 0 Å². The van der Waals surface area contributed by atoms with Crippen molar-refractivity contribution in [2.45, 2.75) is 18.8 Å². The van der Waals surface area contributed by atoms with E-state index in [-0.39, 0.29) is 5.91 Å². The second-order valence-electron chi connectivity index (χ2n) is 7.20. The number of H-pyrrole nitrogens is 1. The quantitative estimate of drug-likeness (QED) is 0.860. The summed E-state index contributed by atoms with van der Waals surface area (Å²) in [6.07, 6.45) is 3.80. The minimum Gasteiger partial charge on any atom is -0.497 e. The number of ether oxygens (including phenoxy) is 1. The topological polar surface area (TPSA) is 73.5 Å². The number of hydrogen-bond acceptors (Lipinski definition) is 5. The van der Waals surface area contributed by atoms with Crippen molar-refractivity contribution >= 4 is 11.6 Å². The van der Waals surface area contributed by atoms with Gasteiger partial charge in [-0.2, -0.15) is 5.10 Å². The first-order chi connectivity index (χ1) is 13.3. The number of nitrogens with one attached hydrogen (secondary N) is 2. The van der Waals surface area contributed by atoms with Crippen LogP contribution in [0, 0.1) is 0 Å². The summed E-state index contributed by atoms with van der Waals surface area (Å²) < 4.78 is 5.22. The highest BCUT2D eigenvalue weighted by molar-refractivity contribution is 5.95. The van der Waals surface area contributed by atoms with E-state index in [9.17, 15) is 4.79 Å². The van der Waals surface area contributed by atoms with Gasteiger partial charge < -0.3 is 19.9 Å². The Balaban J connectivity index is 1.39. The maximum absolute atomic E-state index is 13.1. The molecule has 3 heterocycles. The average Bonchev–Trinajstić information content (AvgIpc) is 3.24. The Hall–Kier alpha value is -2.54. The lowest BCUT2D eigenvalue weighted by Gasteiger charge is -2.36. The lowest BCUT2D eigenvalue weighted by Crippen LogP contribution is -2.49. The number of piperazine rings is 1. The van der Waals surface area contributed by atoms with Crippen LogP contribution in [0.15, 0.2) is 30.5 Å². The summed E-state index contributed by atoms with van der Waals surface area (Å²) in [6.45, 7) is 5.11. The lowest BCUT2D eigenvalue weighted by atomic mass is 9.92. The molecule has 4 rings (SSSR count). The van der Waals surface area contributed by atoms with Gasteiger partial charge in [-0.1, -0.05) is 0 Å². The second-order valence-corrected chi connectivity index (χ2v) is 7.20. The van der Waals surface area contributed by atoms with Crippen molar-refractivity contribution < 1.29 is 9.53 Å². The molecule has 0 unspecified atom stereocenters. The standard InChI is InChI=1S/C20H27N5O2/c1-27-17-4-2-16(3-5-17)24-10-12-25(13-11-24)20(26)18-14-22-23-19(18)15-6-8-21-9-7-15/h2-5,14-15,21H,6-13H2,1H3,(H,22,23). The molecule has 2 fully saturated rings. The fourth-order valence-corrected chi connectivity index (χ4v) is 4.02. The Kier molecular flexibility index (Phi) is 5.29. The molecule has 0 radical (unpaired) electrons. The molecule has 1 amide bonds. The molecule has 0 saturated carbocycles. The zero-order valence-corrected chi connectivity index (χ0v) is 15.8. The van der Waals surface area contributed by atoms with Gasteiger partial charge in [0.1, 0.15) is 5.75 Å². The van der Waals surface area contributed by atoms with E-state index >= 15 is 0 Å². The van der Waals surface area contributed by atoms with Gasteiger partial charge in [-0.15, -0.1) is 0 Å². The van der Waals surface area contributed by atoms with Crippen molar-refractivity contribution in [2.75, 3.05) is 51.3 Å². The predicted octanol–water partition coefficient (Wildman–Crippen LogP) is 1.85. The molecular formula is C20H27N5O2. The van der Waals surface area contributed by atoms with Gasteiger partial charge in [0, 0.05) is 37.8 Å². The van der Waals surface area contributed by atoms with Gasteiger partial charge >= 0.3 is 0 Å². The highest BCUT2D eigenvalue weighted by atomic mass is 16.5. The number of aromatic nitrogens is 2. The number of aromatic amines is 1. The van der Waals surface area contributed by atoms with E-state index in [0.717, 1.165) is 69.1 Å². The highest BCUT2D eigenvalue weighted by Gasteiger charge is 2.28. The molecule has 1 aromatic carbocycles. The van der Waals surface area contributed by atoms with E-state index in [2.05, 4.69) is 32.5 Å². The van der Waals surface area contributed by atoms with Crippen LogP contribution < -0.4 is 15.0 Å². The minimum atomic E-state index is 0.103. The molecule has 0 bridgehead atoms. The third-order valence-electron chi connectivity index (χ3n) is 5.65. The third kappa shape index (κ3) is 3.78. The van der Waals surface area contributed by atoms with Gasteiger partial charge in [-0.25, -0.2) is 0 Å².